The number of anilines is 3. The van der Waals surface area contributed by atoms with Gasteiger partial charge in [0.05, 0.1) is 11.6 Å². The number of nitrogens with two attached hydrogens (primary N) is 1. The number of nitrogens with zero attached hydrogens (tertiary/aromatic N) is 5. The molecule has 1 aromatic carbocycles. The Kier molecular flexibility index (Phi) is 5.35. The van der Waals surface area contributed by atoms with E-state index in [1.54, 1.807) is 0 Å². The second-order valence-corrected chi connectivity index (χ2v) is 9.01. The SMILES string of the molecule is Nc1nn(C2CCOCC2)c2cc(Nc3nc4cccc(CC5CCOCC5)n4n3)ccc12. The van der Waals surface area contributed by atoms with Gasteiger partial charge in [-0.15, -0.1) is 5.10 Å². The van der Waals surface area contributed by atoms with Gasteiger partial charge in [0.1, 0.15) is 0 Å². The predicted molar refractivity (Wildman–Crippen MR) is 127 cm³/mol. The molecule has 33 heavy (non-hydrogen) atoms. The highest BCUT2D eigenvalue weighted by molar-refractivity contribution is 5.91. The molecule has 2 saturated heterocycles. The standard InChI is InChI=1S/C24H29N7O2/c25-23-20-5-4-17(15-21(20)30(28-23)18-8-12-33-13-9-18)26-24-27-22-3-1-2-19(31(22)29-24)14-16-6-10-32-11-7-16/h1-5,15-16,18H,6-14H2,(H2,25,28)(H,26,29). The van der Waals surface area contributed by atoms with Crippen LogP contribution in [0.3, 0.4) is 0 Å². The molecule has 0 radical (unpaired) electrons. The second kappa shape index (κ2) is 8.64. The van der Waals surface area contributed by atoms with Crippen molar-refractivity contribution >= 4 is 34.0 Å². The third kappa shape index (κ3) is 4.02. The number of ether oxygens (including phenoxy) is 2. The van der Waals surface area contributed by atoms with E-state index in [2.05, 4.69) is 33.3 Å². The van der Waals surface area contributed by atoms with Crippen LogP contribution >= 0.6 is 0 Å². The van der Waals surface area contributed by atoms with Crippen molar-refractivity contribution in [3.05, 3.63) is 42.1 Å². The van der Waals surface area contributed by atoms with Gasteiger partial charge in [0.2, 0.25) is 5.95 Å². The van der Waals surface area contributed by atoms with Crippen LogP contribution in [0.2, 0.25) is 0 Å². The number of benzene rings is 1. The number of hydrogen-bond donors (Lipinski definition) is 2. The number of aromatic nitrogens is 5. The Morgan fingerprint density at radius 2 is 1.76 bits per heavy atom. The van der Waals surface area contributed by atoms with E-state index in [4.69, 9.17) is 25.3 Å². The highest BCUT2D eigenvalue weighted by Crippen LogP contribution is 2.31. The van der Waals surface area contributed by atoms with Gasteiger partial charge in [0.25, 0.3) is 0 Å². The van der Waals surface area contributed by atoms with E-state index in [1.165, 1.54) is 5.69 Å². The lowest BCUT2D eigenvalue weighted by atomic mass is 9.95. The smallest absolute Gasteiger partial charge is 0.247 e. The first-order valence-corrected chi connectivity index (χ1v) is 11.8. The number of nitrogens with one attached hydrogen (secondary N) is 1. The predicted octanol–water partition coefficient (Wildman–Crippen LogP) is 3.73. The van der Waals surface area contributed by atoms with Crippen LogP contribution in [0.1, 0.15) is 37.4 Å². The third-order valence-electron chi connectivity index (χ3n) is 6.81. The summed E-state index contributed by atoms with van der Waals surface area (Å²) in [5.74, 6) is 1.77. The van der Waals surface area contributed by atoms with Gasteiger partial charge in [-0.3, -0.25) is 4.68 Å². The Morgan fingerprint density at radius 3 is 2.58 bits per heavy atom. The summed E-state index contributed by atoms with van der Waals surface area (Å²) in [4.78, 5) is 4.71. The summed E-state index contributed by atoms with van der Waals surface area (Å²) in [6.07, 6.45) is 5.06. The Balaban J connectivity index is 1.28. The Labute approximate surface area is 191 Å². The molecule has 0 amide bonds. The number of nitrogen functional groups attached to an aromatic ring is 1. The van der Waals surface area contributed by atoms with Crippen LogP contribution in [0.15, 0.2) is 36.4 Å². The fraction of sp³-hybridized carbons (Fsp3) is 0.458. The van der Waals surface area contributed by atoms with Crippen molar-refractivity contribution in [1.82, 2.24) is 24.4 Å². The van der Waals surface area contributed by atoms with Crippen LogP contribution < -0.4 is 11.1 Å². The molecular formula is C24H29N7O2. The molecule has 0 spiro atoms. The van der Waals surface area contributed by atoms with Gasteiger partial charge < -0.3 is 20.5 Å². The maximum Gasteiger partial charge on any atom is 0.247 e. The maximum absolute atomic E-state index is 6.21. The minimum absolute atomic E-state index is 0.301. The van der Waals surface area contributed by atoms with E-state index in [0.29, 0.717) is 23.7 Å². The van der Waals surface area contributed by atoms with Gasteiger partial charge in [-0.05, 0) is 68.4 Å². The van der Waals surface area contributed by atoms with Gasteiger partial charge in [0.15, 0.2) is 11.5 Å². The molecule has 3 aromatic heterocycles. The van der Waals surface area contributed by atoms with E-state index in [1.807, 2.05) is 22.7 Å². The van der Waals surface area contributed by atoms with Gasteiger partial charge in [-0.1, -0.05) is 6.07 Å². The largest absolute Gasteiger partial charge is 0.382 e. The first-order valence-electron chi connectivity index (χ1n) is 11.8. The molecular weight excluding hydrogens is 418 g/mol. The van der Waals surface area contributed by atoms with E-state index in [0.717, 1.165) is 80.8 Å². The average Bonchev–Trinajstić information content (AvgIpc) is 3.41. The van der Waals surface area contributed by atoms with E-state index >= 15 is 0 Å². The summed E-state index contributed by atoms with van der Waals surface area (Å²) in [6.45, 7) is 3.21. The first kappa shape index (κ1) is 20.4. The summed E-state index contributed by atoms with van der Waals surface area (Å²) in [5, 5.41) is 13.8. The molecule has 6 rings (SSSR count). The second-order valence-electron chi connectivity index (χ2n) is 9.01. The zero-order valence-corrected chi connectivity index (χ0v) is 18.6. The van der Waals surface area contributed by atoms with Crippen molar-refractivity contribution in [3.63, 3.8) is 0 Å². The molecule has 9 nitrogen and oxygen atoms in total. The lowest BCUT2D eigenvalue weighted by Gasteiger charge is -2.23. The fourth-order valence-corrected chi connectivity index (χ4v) is 4.99. The average molecular weight is 448 g/mol. The summed E-state index contributed by atoms with van der Waals surface area (Å²) >= 11 is 0. The lowest BCUT2D eigenvalue weighted by molar-refractivity contribution is 0.0661. The van der Waals surface area contributed by atoms with Crippen molar-refractivity contribution < 1.29 is 9.47 Å². The Hall–Kier alpha value is -3.17. The number of fused-ring (bicyclic) bond motifs is 2. The molecule has 0 bridgehead atoms. The Bertz CT molecular complexity index is 1270. The molecule has 0 unspecified atom stereocenters. The Morgan fingerprint density at radius 1 is 0.970 bits per heavy atom. The van der Waals surface area contributed by atoms with Gasteiger partial charge in [0, 0.05) is 43.2 Å². The zero-order chi connectivity index (χ0) is 22.2. The molecule has 0 atom stereocenters. The van der Waals surface area contributed by atoms with Crippen LogP contribution in [0.4, 0.5) is 17.5 Å². The fourth-order valence-electron chi connectivity index (χ4n) is 4.99. The molecule has 2 aliphatic heterocycles. The van der Waals surface area contributed by atoms with E-state index in [-0.39, 0.29) is 0 Å². The van der Waals surface area contributed by atoms with Crippen LogP contribution in [-0.2, 0) is 15.9 Å². The summed E-state index contributed by atoms with van der Waals surface area (Å²) < 4.78 is 15.0. The topological polar surface area (TPSA) is 105 Å². The monoisotopic (exact) mass is 447 g/mol. The minimum Gasteiger partial charge on any atom is -0.382 e. The molecule has 3 N–H and O–H groups in total. The van der Waals surface area contributed by atoms with Gasteiger partial charge in [-0.25, -0.2) is 4.52 Å². The first-order chi connectivity index (χ1) is 16.2. The van der Waals surface area contributed by atoms with Crippen LogP contribution in [-0.4, -0.2) is 50.8 Å². The maximum atomic E-state index is 6.21. The van der Waals surface area contributed by atoms with Crippen LogP contribution in [0.5, 0.6) is 0 Å². The van der Waals surface area contributed by atoms with Crippen LogP contribution in [0, 0.1) is 5.92 Å². The number of rotatable bonds is 5. The molecule has 2 aliphatic rings. The molecule has 0 aliphatic carbocycles. The van der Waals surface area contributed by atoms with E-state index < -0.39 is 0 Å². The number of pyridine rings is 1. The molecule has 4 aromatic rings. The van der Waals surface area contributed by atoms with Crippen molar-refractivity contribution in [2.75, 3.05) is 37.5 Å². The molecule has 0 saturated carbocycles. The van der Waals surface area contributed by atoms with Crippen molar-refractivity contribution in [3.8, 4) is 0 Å². The highest BCUT2D eigenvalue weighted by Gasteiger charge is 2.21. The highest BCUT2D eigenvalue weighted by atomic mass is 16.5. The third-order valence-corrected chi connectivity index (χ3v) is 6.81. The van der Waals surface area contributed by atoms with E-state index in [9.17, 15) is 0 Å². The normalized spacial score (nSPS) is 18.3. The van der Waals surface area contributed by atoms with Gasteiger partial charge in [-0.2, -0.15) is 10.1 Å². The molecule has 172 valence electrons. The summed E-state index contributed by atoms with van der Waals surface area (Å²) in [6, 6.07) is 12.6. The summed E-state index contributed by atoms with van der Waals surface area (Å²) in [7, 11) is 0. The van der Waals surface area contributed by atoms with Crippen molar-refractivity contribution in [1.29, 1.82) is 0 Å². The molecule has 2 fully saturated rings. The van der Waals surface area contributed by atoms with Crippen molar-refractivity contribution in [2.45, 2.75) is 38.1 Å². The quantitative estimate of drug-likeness (QED) is 0.480. The molecule has 5 heterocycles. The lowest BCUT2D eigenvalue weighted by Crippen LogP contribution is -2.20. The summed E-state index contributed by atoms with van der Waals surface area (Å²) in [5.41, 5.74) is 10.2. The minimum atomic E-state index is 0.301. The number of hydrogen-bond acceptors (Lipinski definition) is 7. The van der Waals surface area contributed by atoms with Crippen molar-refractivity contribution in [2.24, 2.45) is 5.92 Å². The zero-order valence-electron chi connectivity index (χ0n) is 18.6. The van der Waals surface area contributed by atoms with Gasteiger partial charge >= 0.3 is 0 Å². The van der Waals surface area contributed by atoms with Crippen LogP contribution in [0.25, 0.3) is 16.6 Å². The molecule has 9 heteroatoms.